The molecule has 1 aliphatic carbocycles. The molecule has 1 aromatic rings. The first-order valence-corrected chi connectivity index (χ1v) is 9.15. The quantitative estimate of drug-likeness (QED) is 0.843. The lowest BCUT2D eigenvalue weighted by atomic mass is 10.1. The molecule has 0 spiro atoms. The second-order valence-electron chi connectivity index (χ2n) is 6.26. The summed E-state index contributed by atoms with van der Waals surface area (Å²) in [6.45, 7) is 5.67. The number of aryl methyl sites for hydroxylation is 3. The van der Waals surface area contributed by atoms with Crippen LogP contribution < -0.4 is 10.5 Å². The zero-order chi connectivity index (χ0) is 15.6. The predicted molar refractivity (Wildman–Crippen MR) is 85.8 cm³/mol. The van der Waals surface area contributed by atoms with E-state index >= 15 is 0 Å². The second-order valence-corrected chi connectivity index (χ2v) is 7.91. The molecule has 0 aliphatic heterocycles. The molecule has 2 rings (SSSR count). The van der Waals surface area contributed by atoms with Gasteiger partial charge in [0.1, 0.15) is 0 Å². The smallest absolute Gasteiger partial charge is 0.241 e. The van der Waals surface area contributed by atoms with E-state index in [0.29, 0.717) is 4.90 Å². The molecule has 5 heteroatoms. The van der Waals surface area contributed by atoms with Crippen molar-refractivity contribution in [1.29, 1.82) is 0 Å². The summed E-state index contributed by atoms with van der Waals surface area (Å²) in [5, 5.41) is 0. The highest BCUT2D eigenvalue weighted by molar-refractivity contribution is 7.89. The van der Waals surface area contributed by atoms with Crippen molar-refractivity contribution >= 4 is 10.0 Å². The van der Waals surface area contributed by atoms with E-state index in [4.69, 9.17) is 5.73 Å². The SMILES string of the molecule is Cc1cc(C)c(S(=O)(=O)NC2CCCCCC2N)c(C)c1. The number of sulfonamides is 1. The van der Waals surface area contributed by atoms with Gasteiger partial charge in [0.25, 0.3) is 0 Å². The molecule has 0 heterocycles. The van der Waals surface area contributed by atoms with Crippen LogP contribution in [0.15, 0.2) is 17.0 Å². The van der Waals surface area contributed by atoms with Crippen molar-refractivity contribution in [1.82, 2.24) is 4.72 Å². The second kappa shape index (κ2) is 6.46. The van der Waals surface area contributed by atoms with Crippen molar-refractivity contribution in [2.24, 2.45) is 5.73 Å². The Morgan fingerprint density at radius 3 is 2.24 bits per heavy atom. The number of benzene rings is 1. The minimum absolute atomic E-state index is 0.0895. The van der Waals surface area contributed by atoms with E-state index in [1.807, 2.05) is 32.9 Å². The molecule has 118 valence electrons. The van der Waals surface area contributed by atoms with E-state index in [0.717, 1.165) is 48.8 Å². The maximum absolute atomic E-state index is 12.7. The third-order valence-corrected chi connectivity index (χ3v) is 6.04. The molecular weight excluding hydrogens is 284 g/mol. The van der Waals surface area contributed by atoms with Crippen molar-refractivity contribution < 1.29 is 8.42 Å². The maximum Gasteiger partial charge on any atom is 0.241 e. The third kappa shape index (κ3) is 3.84. The minimum Gasteiger partial charge on any atom is -0.326 e. The highest BCUT2D eigenvalue weighted by Crippen LogP contribution is 2.24. The van der Waals surface area contributed by atoms with Crippen LogP contribution in [-0.4, -0.2) is 20.5 Å². The van der Waals surface area contributed by atoms with Crippen molar-refractivity contribution in [2.75, 3.05) is 0 Å². The molecule has 3 N–H and O–H groups in total. The van der Waals surface area contributed by atoms with Crippen molar-refractivity contribution in [3.05, 3.63) is 28.8 Å². The molecule has 4 nitrogen and oxygen atoms in total. The largest absolute Gasteiger partial charge is 0.326 e. The van der Waals surface area contributed by atoms with Gasteiger partial charge < -0.3 is 5.73 Å². The van der Waals surface area contributed by atoms with Crippen LogP contribution in [0.5, 0.6) is 0 Å². The molecule has 2 unspecified atom stereocenters. The standard InChI is InChI=1S/C16H26N2O2S/c1-11-9-12(2)16(13(3)10-11)21(19,20)18-15-8-6-4-5-7-14(15)17/h9-10,14-15,18H,4-8,17H2,1-3H3. The summed E-state index contributed by atoms with van der Waals surface area (Å²) in [4.78, 5) is 0.407. The van der Waals surface area contributed by atoms with Crippen LogP contribution in [-0.2, 0) is 10.0 Å². The van der Waals surface area contributed by atoms with E-state index in [-0.39, 0.29) is 12.1 Å². The van der Waals surface area contributed by atoms with Crippen LogP contribution >= 0.6 is 0 Å². The third-order valence-electron chi connectivity index (χ3n) is 4.25. The Balaban J connectivity index is 2.30. The van der Waals surface area contributed by atoms with Crippen molar-refractivity contribution in [2.45, 2.75) is 69.9 Å². The number of rotatable bonds is 3. The summed E-state index contributed by atoms with van der Waals surface area (Å²) in [7, 11) is -3.52. The zero-order valence-electron chi connectivity index (χ0n) is 13.1. The summed E-state index contributed by atoms with van der Waals surface area (Å²) in [5.74, 6) is 0. The normalized spacial score (nSPS) is 23.8. The maximum atomic E-state index is 12.7. The van der Waals surface area contributed by atoms with Crippen LogP contribution in [0.3, 0.4) is 0 Å². The molecule has 1 fully saturated rings. The molecule has 0 aromatic heterocycles. The first-order chi connectivity index (χ1) is 9.81. The Hall–Kier alpha value is -0.910. The molecule has 2 atom stereocenters. The number of hydrogen-bond acceptors (Lipinski definition) is 3. The average molecular weight is 310 g/mol. The molecule has 1 aliphatic rings. The van der Waals surface area contributed by atoms with E-state index in [9.17, 15) is 8.42 Å². The van der Waals surface area contributed by atoms with Crippen LogP contribution in [0.4, 0.5) is 0 Å². The number of nitrogens with two attached hydrogens (primary N) is 1. The molecule has 21 heavy (non-hydrogen) atoms. The first kappa shape index (κ1) is 16.5. The van der Waals surface area contributed by atoms with Crippen LogP contribution in [0.1, 0.15) is 48.8 Å². The van der Waals surface area contributed by atoms with Crippen molar-refractivity contribution in [3.8, 4) is 0 Å². The fraction of sp³-hybridized carbons (Fsp3) is 0.625. The summed E-state index contributed by atoms with van der Waals surface area (Å²) in [6, 6.07) is 3.58. The Labute approximate surface area is 128 Å². The van der Waals surface area contributed by atoms with Gasteiger partial charge in [0.2, 0.25) is 10.0 Å². The first-order valence-electron chi connectivity index (χ1n) is 7.67. The van der Waals surface area contributed by atoms with Gasteiger partial charge in [-0.3, -0.25) is 0 Å². The van der Waals surface area contributed by atoms with Gasteiger partial charge in [-0.1, -0.05) is 37.0 Å². The highest BCUT2D eigenvalue weighted by atomic mass is 32.2. The van der Waals surface area contributed by atoms with Gasteiger partial charge in [0.05, 0.1) is 4.90 Å². The minimum atomic E-state index is -3.52. The molecular formula is C16H26N2O2S. The van der Waals surface area contributed by atoms with E-state index in [1.165, 1.54) is 0 Å². The van der Waals surface area contributed by atoms with E-state index < -0.39 is 10.0 Å². The van der Waals surface area contributed by atoms with Crippen LogP contribution in [0.25, 0.3) is 0 Å². The number of hydrogen-bond donors (Lipinski definition) is 2. The molecule has 0 amide bonds. The topological polar surface area (TPSA) is 72.2 Å². The van der Waals surface area contributed by atoms with E-state index in [1.54, 1.807) is 0 Å². The Kier molecular flexibility index (Phi) is 5.07. The predicted octanol–water partition coefficient (Wildman–Crippen LogP) is 2.55. The Bertz CT molecular complexity index is 588. The van der Waals surface area contributed by atoms with Crippen LogP contribution in [0, 0.1) is 20.8 Å². The summed E-state index contributed by atoms with van der Waals surface area (Å²) in [6.07, 6.45) is 4.96. The Morgan fingerprint density at radius 1 is 1.05 bits per heavy atom. The number of nitrogens with one attached hydrogen (secondary N) is 1. The van der Waals surface area contributed by atoms with Gasteiger partial charge in [-0.05, 0) is 44.7 Å². The summed E-state index contributed by atoms with van der Waals surface area (Å²) >= 11 is 0. The summed E-state index contributed by atoms with van der Waals surface area (Å²) < 4.78 is 28.3. The van der Waals surface area contributed by atoms with E-state index in [2.05, 4.69) is 4.72 Å². The molecule has 0 saturated heterocycles. The fourth-order valence-corrected chi connectivity index (χ4v) is 5.11. The van der Waals surface area contributed by atoms with Gasteiger partial charge in [-0.15, -0.1) is 0 Å². The average Bonchev–Trinajstić information content (AvgIpc) is 2.52. The highest BCUT2D eigenvalue weighted by Gasteiger charge is 2.28. The van der Waals surface area contributed by atoms with Gasteiger partial charge in [0, 0.05) is 12.1 Å². The Morgan fingerprint density at radius 2 is 1.62 bits per heavy atom. The molecule has 0 radical (unpaired) electrons. The van der Waals surface area contributed by atoms with Crippen molar-refractivity contribution in [3.63, 3.8) is 0 Å². The molecule has 1 saturated carbocycles. The lowest BCUT2D eigenvalue weighted by molar-refractivity contribution is 0.456. The molecule has 1 aromatic carbocycles. The van der Waals surface area contributed by atoms with Gasteiger partial charge >= 0.3 is 0 Å². The summed E-state index contributed by atoms with van der Waals surface area (Å²) in [5.41, 5.74) is 8.80. The fourth-order valence-electron chi connectivity index (χ4n) is 3.33. The zero-order valence-corrected chi connectivity index (χ0v) is 14.0. The van der Waals surface area contributed by atoms with Gasteiger partial charge in [-0.2, -0.15) is 0 Å². The monoisotopic (exact) mass is 310 g/mol. The van der Waals surface area contributed by atoms with Gasteiger partial charge in [0.15, 0.2) is 0 Å². The lowest BCUT2D eigenvalue weighted by Crippen LogP contribution is -2.47. The van der Waals surface area contributed by atoms with Crippen LogP contribution in [0.2, 0.25) is 0 Å². The lowest BCUT2D eigenvalue weighted by Gasteiger charge is -2.23. The van der Waals surface area contributed by atoms with Gasteiger partial charge in [-0.25, -0.2) is 13.1 Å². The molecule has 0 bridgehead atoms.